The Kier molecular flexibility index (Phi) is 266. The van der Waals surface area contributed by atoms with Crippen molar-refractivity contribution in [1.29, 1.82) is 0 Å². The summed E-state index contributed by atoms with van der Waals surface area (Å²) in [5.74, 6) is 0. The molecule has 0 heterocycles. The van der Waals surface area contributed by atoms with E-state index in [1.807, 2.05) is 0 Å². The summed E-state index contributed by atoms with van der Waals surface area (Å²) in [6, 6.07) is 0. The third-order valence-electron chi connectivity index (χ3n) is 0. The van der Waals surface area contributed by atoms with E-state index in [-0.39, 0.29) is 78.0 Å². The number of hydrogen-bond acceptors (Lipinski definition) is 1. The molecular formula is BiCoMoNiOV. The molecule has 0 saturated heterocycles. The van der Waals surface area contributed by atoms with E-state index in [2.05, 4.69) is 0 Å². The van der Waals surface area contributed by atoms with Crippen molar-refractivity contribution < 1.29 is 75.0 Å². The largest absolute Gasteiger partial charge is 0 e. The molecule has 0 aromatic rings. The van der Waals surface area contributed by atoms with Crippen LogP contribution in [0.25, 0.3) is 0 Å². The van der Waals surface area contributed by atoms with Gasteiger partial charge in [-0.05, 0) is 0 Å². The fraction of sp³-hybridized carbons (Fsp3) is 0. The topological polar surface area (TPSA) is 17.1 Å². The first-order chi connectivity index (χ1) is 1.00. The van der Waals surface area contributed by atoms with Crippen LogP contribution in [0.3, 0.4) is 0 Å². The van der Waals surface area contributed by atoms with Gasteiger partial charge in [0.25, 0.3) is 0 Å². The first kappa shape index (κ1) is 36.2. The van der Waals surface area contributed by atoms with Gasteiger partial charge in [-0.3, -0.25) is 0 Å². The van der Waals surface area contributed by atoms with Crippen LogP contribution >= 0.6 is 0 Å². The molecule has 0 aliphatic carbocycles. The molecule has 0 atom stereocenters. The average Bonchev–Trinajstić information content (AvgIpc) is 1.00. The van der Waals surface area contributed by atoms with Crippen LogP contribution in [0.15, 0.2) is 0 Å². The fourth-order valence-corrected chi connectivity index (χ4v) is 0. The third-order valence-corrected chi connectivity index (χ3v) is 0. The van der Waals surface area contributed by atoms with E-state index in [4.69, 9.17) is 3.40 Å². The molecule has 0 saturated carbocycles. The van der Waals surface area contributed by atoms with Crippen molar-refractivity contribution in [1.82, 2.24) is 0 Å². The summed E-state index contributed by atoms with van der Waals surface area (Å²) in [6.07, 6.45) is 0. The van der Waals surface area contributed by atoms with Crippen LogP contribution in [0.5, 0.6) is 0 Å². The Morgan fingerprint density at radius 2 is 1.17 bits per heavy atom. The zero-order chi connectivity index (χ0) is 2.00. The summed E-state index contributed by atoms with van der Waals surface area (Å²) >= 11 is 0.700. The minimum atomic E-state index is 0. The number of rotatable bonds is 0. The van der Waals surface area contributed by atoms with Gasteiger partial charge in [0.2, 0.25) is 0 Å². The Balaban J connectivity index is -0.000000000833. The van der Waals surface area contributed by atoms with Crippen LogP contribution < -0.4 is 0 Å². The van der Waals surface area contributed by atoms with Crippen molar-refractivity contribution in [3.05, 3.63) is 0 Å². The smallest absolute Gasteiger partial charge is 0 e. The summed E-state index contributed by atoms with van der Waals surface area (Å²) < 4.78 is 8.26. The SMILES string of the molecule is [Bi].[Co].[Ni].[O]=[Mo].[V]. The molecule has 0 bridgehead atoms. The molecule has 0 N–H and O–H groups in total. The van der Waals surface area contributed by atoms with Crippen molar-refractivity contribution in [2.24, 2.45) is 0 Å². The molecule has 0 fully saturated rings. The molecule has 0 unspecified atom stereocenters. The molecule has 0 rings (SSSR count). The molecule has 0 aromatic heterocycles. The van der Waals surface area contributed by atoms with E-state index >= 15 is 0 Å². The third kappa shape index (κ3) is 28.2. The van der Waals surface area contributed by atoms with Crippen LogP contribution in [0.2, 0.25) is 0 Å². The van der Waals surface area contributed by atoms with E-state index in [1.54, 1.807) is 0 Å². The first-order valence-electron chi connectivity index (χ1n) is 0.167. The zero-order valence-corrected chi connectivity index (χ0v) is 11.3. The predicted octanol–water partition coefficient (Wildman–Crippen LogP) is -0.510. The van der Waals surface area contributed by atoms with E-state index < -0.39 is 0 Å². The Bertz CT molecular complexity index is 15.5. The second-order valence-corrected chi connectivity index (χ2v) is 0. The molecule has 1 nitrogen and oxygen atoms in total. The van der Waals surface area contributed by atoms with E-state index in [0.29, 0.717) is 19.8 Å². The van der Waals surface area contributed by atoms with Crippen LogP contribution in [-0.4, -0.2) is 26.2 Å². The quantitative estimate of drug-likeness (QED) is 0.419. The molecule has 41 valence electrons. The maximum atomic E-state index is 8.26. The minimum Gasteiger partial charge on any atom is 0 e. The van der Waals surface area contributed by atoms with Gasteiger partial charge in [0.05, 0.1) is 0 Å². The van der Waals surface area contributed by atoms with E-state index in [0.717, 1.165) is 0 Å². The summed E-state index contributed by atoms with van der Waals surface area (Å²) in [5, 5.41) is 0. The zero-order valence-electron chi connectivity index (χ0n) is 2.36. The summed E-state index contributed by atoms with van der Waals surface area (Å²) in [5.41, 5.74) is 0. The number of hydrogen-bond donors (Lipinski definition) is 0. The molecular weight excluding hydrogens is 489 g/mol. The van der Waals surface area contributed by atoms with Crippen LogP contribution in [0.4, 0.5) is 0 Å². The van der Waals surface area contributed by atoms with Crippen molar-refractivity contribution in [2.75, 3.05) is 0 Å². The molecule has 0 spiro atoms. The van der Waals surface area contributed by atoms with Crippen molar-refractivity contribution >= 4 is 26.2 Å². The van der Waals surface area contributed by atoms with Gasteiger partial charge in [0, 0.05) is 78.0 Å². The summed E-state index contributed by atoms with van der Waals surface area (Å²) in [4.78, 5) is 0. The molecule has 0 aliphatic heterocycles. The van der Waals surface area contributed by atoms with E-state index in [1.165, 1.54) is 0 Å². The Hall–Kier alpha value is 2.96. The van der Waals surface area contributed by atoms with Crippen LogP contribution in [-0.2, 0) is 75.0 Å². The monoisotopic (exact) mass is 491 g/mol. The van der Waals surface area contributed by atoms with Gasteiger partial charge in [0.15, 0.2) is 0 Å². The Labute approximate surface area is 99.5 Å². The maximum absolute atomic E-state index is 8.26. The van der Waals surface area contributed by atoms with Crippen molar-refractivity contribution in [2.45, 2.75) is 0 Å². The van der Waals surface area contributed by atoms with Crippen molar-refractivity contribution in [3.63, 3.8) is 0 Å². The van der Waals surface area contributed by atoms with E-state index in [9.17, 15) is 0 Å². The van der Waals surface area contributed by atoms with Gasteiger partial charge in [-0.2, -0.15) is 0 Å². The fourth-order valence-electron chi connectivity index (χ4n) is 0. The van der Waals surface area contributed by atoms with Gasteiger partial charge in [-0.1, -0.05) is 0 Å². The molecule has 0 aromatic carbocycles. The molecule has 0 aliphatic rings. The molecule has 6 heteroatoms. The van der Waals surface area contributed by atoms with Crippen LogP contribution in [0.1, 0.15) is 0 Å². The van der Waals surface area contributed by atoms with Gasteiger partial charge >= 0.3 is 23.2 Å². The normalized spacial score (nSPS) is 0.667. The molecule has 6 heavy (non-hydrogen) atoms. The van der Waals surface area contributed by atoms with Gasteiger partial charge in [-0.25, -0.2) is 0 Å². The standard InChI is InChI=1S/Bi.Co.Mo.Ni.O.V. The van der Waals surface area contributed by atoms with Crippen LogP contribution in [0, 0.1) is 0 Å². The van der Waals surface area contributed by atoms with Gasteiger partial charge < -0.3 is 0 Å². The molecule has 0 amide bonds. The summed E-state index contributed by atoms with van der Waals surface area (Å²) in [6.45, 7) is 0. The Morgan fingerprint density at radius 1 is 1.17 bits per heavy atom. The van der Waals surface area contributed by atoms with Gasteiger partial charge in [0.1, 0.15) is 0 Å². The average molecular weight is 489 g/mol. The maximum Gasteiger partial charge on any atom is 0 e. The second-order valence-electron chi connectivity index (χ2n) is 0. The van der Waals surface area contributed by atoms with Gasteiger partial charge in [-0.15, -0.1) is 0 Å². The summed E-state index contributed by atoms with van der Waals surface area (Å²) in [7, 11) is 0. The first-order valence-corrected chi connectivity index (χ1v) is 0.986. The Morgan fingerprint density at radius 3 is 1.17 bits per heavy atom. The minimum absolute atomic E-state index is 0. The van der Waals surface area contributed by atoms with Crippen molar-refractivity contribution in [3.8, 4) is 0 Å². The molecule has 5 radical (unpaired) electrons. The second kappa shape index (κ2) is 44.1. The predicted molar refractivity (Wildman–Crippen MR) is 6.44 cm³/mol.